The number of hydrogen-bond acceptors (Lipinski definition) is 4. The normalized spacial score (nSPS) is 11.6. The average Bonchev–Trinajstić information content (AvgIpc) is 2.25. The van der Waals surface area contributed by atoms with Crippen LogP contribution in [0, 0.1) is 13.8 Å². The maximum absolute atomic E-state index is 12.8. The zero-order chi connectivity index (χ0) is 12.3. The summed E-state index contributed by atoms with van der Waals surface area (Å²) in [6.45, 7) is 1.52. The van der Waals surface area contributed by atoms with E-state index < -0.39 is 19.1 Å². The summed E-state index contributed by atoms with van der Waals surface area (Å²) in [7, 11) is 0. The highest BCUT2D eigenvalue weighted by Crippen LogP contribution is 2.21. The minimum atomic E-state index is -3.18. The fraction of sp³-hybridized carbons (Fsp3) is 0.556. The van der Waals surface area contributed by atoms with Gasteiger partial charge in [-0.05, 0) is 25.0 Å². The maximum atomic E-state index is 12.8. The minimum absolute atomic E-state index is 0.245. The molecule has 0 aliphatic rings. The van der Waals surface area contributed by atoms with E-state index in [1.54, 1.807) is 13.8 Å². The summed E-state index contributed by atoms with van der Waals surface area (Å²) in [5.74, 6) is -2.93. The van der Waals surface area contributed by atoms with Crippen LogP contribution in [0.15, 0.2) is 0 Å². The highest BCUT2D eigenvalue weighted by molar-refractivity contribution is 6.30. The summed E-state index contributed by atoms with van der Waals surface area (Å²) in [4.78, 5) is 0. The zero-order valence-corrected chi connectivity index (χ0v) is 9.65. The van der Waals surface area contributed by atoms with Crippen LogP contribution in [0.5, 0.6) is 0 Å². The number of nitrogens with zero attached hydrogens (tertiary/aromatic N) is 2. The lowest BCUT2D eigenvalue weighted by Gasteiger charge is -2.15. The van der Waals surface area contributed by atoms with Gasteiger partial charge in [-0.3, -0.25) is 0 Å². The van der Waals surface area contributed by atoms with Gasteiger partial charge in [-0.2, -0.15) is 0 Å². The molecule has 0 atom stereocenters. The number of aliphatic hydroxyl groups is 1. The molecule has 1 rings (SSSR count). The zero-order valence-electron chi connectivity index (χ0n) is 8.89. The second-order valence-corrected chi connectivity index (χ2v) is 3.82. The Morgan fingerprint density at radius 3 is 2.50 bits per heavy atom. The third kappa shape index (κ3) is 2.99. The highest BCUT2D eigenvalue weighted by Gasteiger charge is 2.27. The van der Waals surface area contributed by atoms with E-state index in [2.05, 4.69) is 15.5 Å². The van der Waals surface area contributed by atoms with Crippen molar-refractivity contribution in [1.29, 1.82) is 0 Å². The topological polar surface area (TPSA) is 58.0 Å². The molecule has 1 aromatic heterocycles. The van der Waals surface area contributed by atoms with Crippen LogP contribution in [-0.2, 0) is 0 Å². The monoisotopic (exact) mass is 251 g/mol. The first-order valence-corrected chi connectivity index (χ1v) is 4.97. The van der Waals surface area contributed by atoms with Crippen molar-refractivity contribution in [2.75, 3.05) is 18.5 Å². The Balaban J connectivity index is 2.80. The summed E-state index contributed by atoms with van der Waals surface area (Å²) >= 11 is 5.71. The van der Waals surface area contributed by atoms with E-state index in [-0.39, 0.29) is 11.0 Å². The Hall–Kier alpha value is -1.01. The van der Waals surface area contributed by atoms with Gasteiger partial charge in [0.2, 0.25) is 0 Å². The van der Waals surface area contributed by atoms with Gasteiger partial charge in [0.15, 0.2) is 11.0 Å². The largest absolute Gasteiger partial charge is 0.390 e. The molecule has 0 saturated heterocycles. The van der Waals surface area contributed by atoms with Crippen LogP contribution in [0.3, 0.4) is 0 Å². The van der Waals surface area contributed by atoms with Crippen molar-refractivity contribution in [3.8, 4) is 0 Å². The van der Waals surface area contributed by atoms with Crippen LogP contribution in [-0.4, -0.2) is 34.4 Å². The standard InChI is InChI=1S/C9H12ClF2N3O/c1-5-6(2)8(15-14-7(5)10)13-3-9(11,12)4-16/h16H,3-4H2,1-2H3,(H,13,15). The molecule has 0 unspecified atom stereocenters. The number of aliphatic hydroxyl groups excluding tert-OH is 1. The Morgan fingerprint density at radius 2 is 1.94 bits per heavy atom. The lowest BCUT2D eigenvalue weighted by molar-refractivity contribution is -0.0373. The van der Waals surface area contributed by atoms with E-state index in [0.717, 1.165) is 0 Å². The third-order valence-electron chi connectivity index (χ3n) is 2.21. The summed E-state index contributed by atoms with van der Waals surface area (Å²) in [6, 6.07) is 0. The lowest BCUT2D eigenvalue weighted by atomic mass is 10.2. The summed E-state index contributed by atoms with van der Waals surface area (Å²) in [5.41, 5.74) is 1.35. The molecule has 16 heavy (non-hydrogen) atoms. The molecule has 0 fully saturated rings. The fourth-order valence-corrected chi connectivity index (χ4v) is 1.19. The van der Waals surface area contributed by atoms with Gasteiger partial charge in [0, 0.05) is 0 Å². The van der Waals surface area contributed by atoms with Gasteiger partial charge in [0.05, 0.1) is 6.54 Å². The van der Waals surface area contributed by atoms with E-state index in [1.807, 2.05) is 0 Å². The molecule has 1 heterocycles. The summed E-state index contributed by atoms with van der Waals surface area (Å²) < 4.78 is 25.5. The molecular weight excluding hydrogens is 240 g/mol. The van der Waals surface area contributed by atoms with Gasteiger partial charge < -0.3 is 10.4 Å². The predicted molar refractivity (Wildman–Crippen MR) is 57.0 cm³/mol. The molecule has 0 radical (unpaired) electrons. The molecule has 0 saturated carbocycles. The molecule has 0 aliphatic heterocycles. The number of alkyl halides is 2. The molecule has 0 bridgehead atoms. The summed E-state index contributed by atoms with van der Waals surface area (Å²) in [5, 5.41) is 18.3. The number of hydrogen-bond donors (Lipinski definition) is 2. The Morgan fingerprint density at radius 1 is 1.31 bits per heavy atom. The Kier molecular flexibility index (Phi) is 3.98. The van der Waals surface area contributed by atoms with Gasteiger partial charge in [-0.25, -0.2) is 8.78 Å². The average molecular weight is 252 g/mol. The number of aromatic nitrogens is 2. The van der Waals surface area contributed by atoms with Crippen molar-refractivity contribution in [3.05, 3.63) is 16.3 Å². The van der Waals surface area contributed by atoms with Crippen LogP contribution < -0.4 is 5.32 Å². The van der Waals surface area contributed by atoms with Crippen LogP contribution >= 0.6 is 11.6 Å². The summed E-state index contributed by atoms with van der Waals surface area (Å²) in [6.07, 6.45) is 0. The number of anilines is 1. The van der Waals surface area contributed by atoms with Crippen molar-refractivity contribution in [3.63, 3.8) is 0 Å². The molecule has 0 amide bonds. The third-order valence-corrected chi connectivity index (χ3v) is 2.57. The first kappa shape index (κ1) is 13.1. The molecule has 0 spiro atoms. The molecule has 1 aromatic rings. The van der Waals surface area contributed by atoms with Crippen molar-refractivity contribution in [2.24, 2.45) is 0 Å². The number of halogens is 3. The molecule has 0 aliphatic carbocycles. The predicted octanol–water partition coefficient (Wildman–Crippen LogP) is 1.79. The molecule has 90 valence electrons. The first-order chi connectivity index (χ1) is 7.37. The van der Waals surface area contributed by atoms with Gasteiger partial charge in [-0.15, -0.1) is 10.2 Å². The molecule has 0 aromatic carbocycles. The fourth-order valence-electron chi connectivity index (χ4n) is 1.01. The van der Waals surface area contributed by atoms with E-state index in [0.29, 0.717) is 11.1 Å². The van der Waals surface area contributed by atoms with Crippen LogP contribution in [0.1, 0.15) is 11.1 Å². The Labute approximate surface area is 96.6 Å². The second-order valence-electron chi connectivity index (χ2n) is 3.46. The van der Waals surface area contributed by atoms with E-state index in [4.69, 9.17) is 16.7 Å². The van der Waals surface area contributed by atoms with E-state index in [1.165, 1.54) is 0 Å². The van der Waals surface area contributed by atoms with Crippen molar-refractivity contribution in [1.82, 2.24) is 10.2 Å². The first-order valence-electron chi connectivity index (χ1n) is 4.59. The van der Waals surface area contributed by atoms with Crippen LogP contribution in [0.2, 0.25) is 5.15 Å². The lowest BCUT2D eigenvalue weighted by Crippen LogP contribution is -2.31. The molecular formula is C9H12ClF2N3O. The van der Waals surface area contributed by atoms with Gasteiger partial charge in [-0.1, -0.05) is 11.6 Å². The van der Waals surface area contributed by atoms with Crippen molar-refractivity contribution in [2.45, 2.75) is 19.8 Å². The minimum Gasteiger partial charge on any atom is -0.390 e. The quantitative estimate of drug-likeness (QED) is 0.857. The second kappa shape index (κ2) is 4.88. The van der Waals surface area contributed by atoms with Crippen LogP contribution in [0.4, 0.5) is 14.6 Å². The maximum Gasteiger partial charge on any atom is 0.287 e. The molecule has 2 N–H and O–H groups in total. The molecule has 7 heteroatoms. The van der Waals surface area contributed by atoms with E-state index in [9.17, 15) is 8.78 Å². The van der Waals surface area contributed by atoms with Gasteiger partial charge in [0.25, 0.3) is 5.92 Å². The Bertz CT molecular complexity index is 387. The smallest absolute Gasteiger partial charge is 0.287 e. The van der Waals surface area contributed by atoms with Crippen molar-refractivity contribution >= 4 is 17.4 Å². The van der Waals surface area contributed by atoms with E-state index >= 15 is 0 Å². The van der Waals surface area contributed by atoms with Gasteiger partial charge >= 0.3 is 0 Å². The van der Waals surface area contributed by atoms with Crippen molar-refractivity contribution < 1.29 is 13.9 Å². The number of rotatable bonds is 4. The van der Waals surface area contributed by atoms with Gasteiger partial charge in [0.1, 0.15) is 6.61 Å². The SMILES string of the molecule is Cc1c(Cl)nnc(NCC(F)(F)CO)c1C. The van der Waals surface area contributed by atoms with Crippen LogP contribution in [0.25, 0.3) is 0 Å². The highest BCUT2D eigenvalue weighted by atomic mass is 35.5. The molecule has 4 nitrogen and oxygen atoms in total. The number of nitrogens with one attached hydrogen (secondary N) is 1.